The van der Waals surface area contributed by atoms with Crippen LogP contribution in [0.1, 0.15) is 36.5 Å². The molecule has 0 aliphatic carbocycles. The fraction of sp³-hybridized carbons (Fsp3) is 0.286. The zero-order valence-corrected chi connectivity index (χ0v) is 19.7. The average Bonchev–Trinajstić information content (AvgIpc) is 2.87. The maximum Gasteiger partial charge on any atom is 0.234 e. The van der Waals surface area contributed by atoms with Gasteiger partial charge in [0.05, 0.1) is 6.04 Å². The second kappa shape index (κ2) is 15.2. The maximum atomic E-state index is 11.5. The minimum absolute atomic E-state index is 0.0860. The molecule has 0 aliphatic rings. The zero-order chi connectivity index (χ0) is 24.6. The molecule has 3 aromatic carbocycles. The highest BCUT2D eigenvalue weighted by Gasteiger charge is 2.14. The molecule has 0 saturated carbocycles. The first-order valence-electron chi connectivity index (χ1n) is 11.5. The summed E-state index contributed by atoms with van der Waals surface area (Å²) in [5.41, 5.74) is 8.88. The number of nitrogens with two attached hydrogens (primary N) is 1. The fourth-order valence-electron chi connectivity index (χ4n) is 3.22. The molecule has 0 unspecified atom stereocenters. The summed E-state index contributed by atoms with van der Waals surface area (Å²) < 4.78 is 0. The van der Waals surface area contributed by atoms with E-state index in [2.05, 4.69) is 28.8 Å². The van der Waals surface area contributed by atoms with E-state index in [1.807, 2.05) is 61.5 Å². The van der Waals surface area contributed by atoms with Crippen molar-refractivity contribution in [1.82, 2.24) is 10.6 Å². The largest absolute Gasteiger partial charge is 0.508 e. The summed E-state index contributed by atoms with van der Waals surface area (Å²) in [6.45, 7) is 3.13. The van der Waals surface area contributed by atoms with Crippen molar-refractivity contribution < 1.29 is 14.7 Å². The Hall–Kier alpha value is -3.64. The summed E-state index contributed by atoms with van der Waals surface area (Å²) in [4.78, 5) is 22.4. The molecule has 0 bridgehead atoms. The van der Waals surface area contributed by atoms with Gasteiger partial charge in [-0.05, 0) is 60.7 Å². The number of aromatic hydroxyl groups is 1. The lowest BCUT2D eigenvalue weighted by Gasteiger charge is -2.15. The Labute approximate surface area is 202 Å². The number of primary amides is 1. The molecular formula is C28H34N3O3. The Morgan fingerprint density at radius 2 is 1.56 bits per heavy atom. The third-order valence-electron chi connectivity index (χ3n) is 5.25. The van der Waals surface area contributed by atoms with Gasteiger partial charge in [0.2, 0.25) is 11.8 Å². The highest BCUT2D eigenvalue weighted by atomic mass is 16.3. The molecule has 34 heavy (non-hydrogen) atoms. The van der Waals surface area contributed by atoms with E-state index >= 15 is 0 Å². The van der Waals surface area contributed by atoms with Gasteiger partial charge in [0.1, 0.15) is 5.75 Å². The molecule has 6 nitrogen and oxygen atoms in total. The van der Waals surface area contributed by atoms with Gasteiger partial charge < -0.3 is 21.5 Å². The maximum absolute atomic E-state index is 11.5. The molecule has 6 heteroatoms. The highest BCUT2D eigenvalue weighted by Crippen LogP contribution is 2.10. The van der Waals surface area contributed by atoms with Gasteiger partial charge in [-0.15, -0.1) is 0 Å². The Bertz CT molecular complexity index is 977. The van der Waals surface area contributed by atoms with Crippen LogP contribution in [0.5, 0.6) is 5.75 Å². The van der Waals surface area contributed by atoms with Crippen LogP contribution < -0.4 is 16.4 Å². The molecule has 2 amide bonds. The third-order valence-corrected chi connectivity index (χ3v) is 5.25. The van der Waals surface area contributed by atoms with Crippen LogP contribution in [0.2, 0.25) is 0 Å². The van der Waals surface area contributed by atoms with Crippen molar-refractivity contribution in [3.05, 3.63) is 102 Å². The number of rotatable bonds is 11. The van der Waals surface area contributed by atoms with Crippen LogP contribution in [0.15, 0.2) is 78.9 Å². The quantitative estimate of drug-likeness (QED) is 0.351. The van der Waals surface area contributed by atoms with Crippen molar-refractivity contribution in [1.29, 1.82) is 0 Å². The number of hydrogen-bond donors (Lipinski definition) is 4. The zero-order valence-electron chi connectivity index (χ0n) is 19.7. The molecular weight excluding hydrogens is 426 g/mol. The average molecular weight is 461 g/mol. The lowest BCUT2D eigenvalue weighted by molar-refractivity contribution is -0.121. The minimum atomic E-state index is -0.322. The summed E-state index contributed by atoms with van der Waals surface area (Å²) in [5.74, 6) is 0.0269. The molecule has 3 rings (SSSR count). The number of carbonyl (C=O) groups is 2. The Kier molecular flexibility index (Phi) is 11.9. The van der Waals surface area contributed by atoms with E-state index in [9.17, 15) is 14.7 Å². The van der Waals surface area contributed by atoms with Crippen molar-refractivity contribution in [2.45, 2.75) is 45.2 Å². The number of nitrogens with one attached hydrogen (secondary N) is 2. The predicted octanol–water partition coefficient (Wildman–Crippen LogP) is 3.52. The first kappa shape index (κ1) is 26.6. The van der Waals surface area contributed by atoms with Crippen LogP contribution in [0.4, 0.5) is 0 Å². The summed E-state index contributed by atoms with van der Waals surface area (Å²) in [6.07, 6.45) is 2.84. The molecule has 0 fully saturated rings. The topological polar surface area (TPSA) is 104 Å². The van der Waals surface area contributed by atoms with Crippen molar-refractivity contribution in [3.8, 4) is 5.75 Å². The van der Waals surface area contributed by atoms with Crippen molar-refractivity contribution >= 4 is 11.8 Å². The number of benzene rings is 3. The Balaban J connectivity index is 0.000000287. The molecule has 5 N–H and O–H groups in total. The van der Waals surface area contributed by atoms with Crippen LogP contribution in [0.3, 0.4) is 0 Å². The smallest absolute Gasteiger partial charge is 0.234 e. The molecule has 0 heterocycles. The third kappa shape index (κ3) is 10.8. The van der Waals surface area contributed by atoms with E-state index in [0.717, 1.165) is 24.0 Å². The number of phenols is 1. The SMILES string of the molecule is CCC(=O)NCc1cc[c]cc1.NC(=O)[C@@H](CCc1ccccc1)NCCc1ccc(O)cc1. The highest BCUT2D eigenvalue weighted by molar-refractivity contribution is 5.79. The van der Waals surface area contributed by atoms with E-state index in [1.165, 1.54) is 5.56 Å². The van der Waals surface area contributed by atoms with Crippen LogP contribution in [0, 0.1) is 6.07 Å². The standard InChI is InChI=1S/C18H22N2O2.C10H12NO/c19-18(22)17(11-8-14-4-2-1-3-5-14)20-13-12-15-6-9-16(21)10-7-15;1-2-10(12)11-8-9-6-4-3-5-7-9/h1-7,9-10,17,20-21H,8,11-13H2,(H2,19,22);4-7H,2,8H2,1H3,(H,11,12)/t17-;/m1./s1. The Morgan fingerprint density at radius 3 is 2.18 bits per heavy atom. The van der Waals surface area contributed by atoms with Crippen molar-refractivity contribution in [2.24, 2.45) is 5.73 Å². The van der Waals surface area contributed by atoms with Crippen LogP contribution in [0.25, 0.3) is 0 Å². The summed E-state index contributed by atoms with van der Waals surface area (Å²) in [5, 5.41) is 15.3. The van der Waals surface area contributed by atoms with Crippen molar-refractivity contribution in [2.75, 3.05) is 6.54 Å². The van der Waals surface area contributed by atoms with E-state index < -0.39 is 0 Å². The van der Waals surface area contributed by atoms with E-state index in [4.69, 9.17) is 5.73 Å². The number of carbonyl (C=O) groups excluding carboxylic acids is 2. The lowest BCUT2D eigenvalue weighted by Crippen LogP contribution is -2.42. The summed E-state index contributed by atoms with van der Waals surface area (Å²) in [6, 6.07) is 27.3. The first-order valence-corrected chi connectivity index (χ1v) is 11.5. The molecule has 0 aliphatic heterocycles. The number of amides is 2. The lowest BCUT2D eigenvalue weighted by atomic mass is 10.0. The normalized spacial score (nSPS) is 11.1. The van der Waals surface area contributed by atoms with Gasteiger partial charge in [-0.3, -0.25) is 9.59 Å². The van der Waals surface area contributed by atoms with E-state index in [1.54, 1.807) is 12.1 Å². The van der Waals surface area contributed by atoms with Crippen LogP contribution in [-0.2, 0) is 29.0 Å². The second-order valence-electron chi connectivity index (χ2n) is 7.89. The van der Waals surface area contributed by atoms with Gasteiger partial charge in [-0.1, -0.05) is 73.7 Å². The molecule has 3 aromatic rings. The fourth-order valence-corrected chi connectivity index (χ4v) is 3.22. The van der Waals surface area contributed by atoms with Gasteiger partial charge in [0.15, 0.2) is 0 Å². The molecule has 0 spiro atoms. The van der Waals surface area contributed by atoms with Gasteiger partial charge in [0, 0.05) is 13.0 Å². The minimum Gasteiger partial charge on any atom is -0.508 e. The van der Waals surface area contributed by atoms with Gasteiger partial charge >= 0.3 is 0 Å². The van der Waals surface area contributed by atoms with Gasteiger partial charge in [-0.25, -0.2) is 0 Å². The first-order chi connectivity index (χ1) is 16.5. The number of phenolic OH excluding ortho intramolecular Hbond substituents is 1. The molecule has 0 aromatic heterocycles. The summed E-state index contributed by atoms with van der Waals surface area (Å²) in [7, 11) is 0. The monoisotopic (exact) mass is 460 g/mol. The number of hydrogen-bond acceptors (Lipinski definition) is 4. The Morgan fingerprint density at radius 1 is 0.912 bits per heavy atom. The predicted molar refractivity (Wildman–Crippen MR) is 135 cm³/mol. The van der Waals surface area contributed by atoms with E-state index in [-0.39, 0.29) is 23.6 Å². The second-order valence-corrected chi connectivity index (χ2v) is 7.89. The van der Waals surface area contributed by atoms with Gasteiger partial charge in [-0.2, -0.15) is 0 Å². The van der Waals surface area contributed by atoms with Crippen LogP contribution >= 0.6 is 0 Å². The van der Waals surface area contributed by atoms with E-state index in [0.29, 0.717) is 25.9 Å². The molecule has 1 atom stereocenters. The summed E-state index contributed by atoms with van der Waals surface area (Å²) >= 11 is 0. The molecule has 1 radical (unpaired) electrons. The molecule has 0 saturated heterocycles. The van der Waals surface area contributed by atoms with Gasteiger partial charge in [0.25, 0.3) is 0 Å². The molecule has 179 valence electrons. The number of aryl methyl sites for hydroxylation is 1. The van der Waals surface area contributed by atoms with Crippen molar-refractivity contribution in [3.63, 3.8) is 0 Å². The van der Waals surface area contributed by atoms with Crippen LogP contribution in [-0.4, -0.2) is 29.5 Å².